The van der Waals surface area contributed by atoms with Crippen LogP contribution in [0, 0.1) is 6.92 Å². The molecule has 18 heavy (non-hydrogen) atoms. The molecule has 0 spiro atoms. The Hall–Kier alpha value is -1.86. The minimum absolute atomic E-state index is 0.129. The summed E-state index contributed by atoms with van der Waals surface area (Å²) in [4.78, 5) is 6.77. The second kappa shape index (κ2) is 4.79. The second-order valence-corrected chi connectivity index (χ2v) is 5.60. The van der Waals surface area contributed by atoms with Crippen molar-refractivity contribution in [2.24, 2.45) is 0 Å². The van der Waals surface area contributed by atoms with Crippen LogP contribution in [0.3, 0.4) is 0 Å². The molecule has 0 amide bonds. The van der Waals surface area contributed by atoms with Gasteiger partial charge in [-0.15, -0.1) is 0 Å². The molecule has 0 aliphatic carbocycles. The molecule has 1 heterocycles. The van der Waals surface area contributed by atoms with E-state index in [0.717, 1.165) is 0 Å². The van der Waals surface area contributed by atoms with Gasteiger partial charge in [0.15, 0.2) is 0 Å². The van der Waals surface area contributed by atoms with Gasteiger partial charge in [0.1, 0.15) is 4.90 Å². The first kappa shape index (κ1) is 12.6. The minimum Gasteiger partial charge on any atom is -0.398 e. The third-order valence-corrected chi connectivity index (χ3v) is 4.14. The van der Waals surface area contributed by atoms with Gasteiger partial charge >= 0.3 is 0 Å². The van der Waals surface area contributed by atoms with E-state index in [1.54, 1.807) is 31.3 Å². The van der Waals surface area contributed by atoms with E-state index in [1.807, 2.05) is 0 Å². The van der Waals surface area contributed by atoms with E-state index in [-0.39, 0.29) is 17.1 Å². The molecule has 0 unspecified atom stereocenters. The maximum Gasteiger partial charge on any atom is 0.243 e. The molecule has 1 aromatic carbocycles. The number of nitrogens with one attached hydrogen (secondary N) is 2. The lowest BCUT2D eigenvalue weighted by atomic mass is 10.2. The first-order valence-electron chi connectivity index (χ1n) is 5.33. The number of sulfonamides is 1. The van der Waals surface area contributed by atoms with E-state index >= 15 is 0 Å². The average molecular weight is 266 g/mol. The van der Waals surface area contributed by atoms with Crippen LogP contribution in [0.5, 0.6) is 0 Å². The number of anilines is 1. The normalized spacial score (nSPS) is 11.6. The Morgan fingerprint density at radius 2 is 2.22 bits per heavy atom. The van der Waals surface area contributed by atoms with Gasteiger partial charge in [-0.2, -0.15) is 0 Å². The first-order valence-corrected chi connectivity index (χ1v) is 6.81. The predicted molar refractivity (Wildman–Crippen MR) is 68.2 cm³/mol. The fraction of sp³-hybridized carbons (Fsp3) is 0.182. The van der Waals surface area contributed by atoms with Gasteiger partial charge in [0.25, 0.3) is 0 Å². The highest BCUT2D eigenvalue weighted by Crippen LogP contribution is 2.21. The van der Waals surface area contributed by atoms with Crippen LogP contribution in [0.25, 0.3) is 0 Å². The summed E-state index contributed by atoms with van der Waals surface area (Å²) >= 11 is 0. The SMILES string of the molecule is Cc1cccc(N)c1S(=O)(=O)NCc1cnc[nH]1. The third kappa shape index (κ3) is 2.52. The fourth-order valence-electron chi connectivity index (χ4n) is 1.67. The molecule has 1 aromatic heterocycles. The zero-order valence-electron chi connectivity index (χ0n) is 9.84. The molecule has 0 radical (unpaired) electrons. The van der Waals surface area contributed by atoms with Crippen molar-refractivity contribution >= 4 is 15.7 Å². The number of aryl methyl sites for hydroxylation is 1. The summed E-state index contributed by atoms with van der Waals surface area (Å²) < 4.78 is 26.8. The van der Waals surface area contributed by atoms with Crippen LogP contribution in [-0.4, -0.2) is 18.4 Å². The maximum atomic E-state index is 12.1. The summed E-state index contributed by atoms with van der Waals surface area (Å²) in [5.74, 6) is 0. The van der Waals surface area contributed by atoms with Crippen molar-refractivity contribution in [3.05, 3.63) is 42.0 Å². The molecule has 0 saturated carbocycles. The van der Waals surface area contributed by atoms with Crippen molar-refractivity contribution in [2.75, 3.05) is 5.73 Å². The molecule has 96 valence electrons. The molecule has 2 aromatic rings. The highest BCUT2D eigenvalue weighted by atomic mass is 32.2. The van der Waals surface area contributed by atoms with Gasteiger partial charge in [0.05, 0.1) is 18.6 Å². The molecule has 0 bridgehead atoms. The number of imidazole rings is 1. The Morgan fingerprint density at radius 3 is 2.83 bits per heavy atom. The van der Waals surface area contributed by atoms with Crippen LogP contribution >= 0.6 is 0 Å². The van der Waals surface area contributed by atoms with E-state index < -0.39 is 10.0 Å². The van der Waals surface area contributed by atoms with E-state index in [2.05, 4.69) is 14.7 Å². The molecule has 7 heteroatoms. The smallest absolute Gasteiger partial charge is 0.243 e. The number of nitrogens with zero attached hydrogens (tertiary/aromatic N) is 1. The van der Waals surface area contributed by atoms with Crippen LogP contribution in [0.15, 0.2) is 35.6 Å². The van der Waals surface area contributed by atoms with Crippen molar-refractivity contribution in [1.29, 1.82) is 0 Å². The highest BCUT2D eigenvalue weighted by Gasteiger charge is 2.19. The molecule has 2 rings (SSSR count). The summed E-state index contributed by atoms with van der Waals surface area (Å²) in [5.41, 5.74) is 7.26. The van der Waals surface area contributed by atoms with Crippen molar-refractivity contribution < 1.29 is 8.42 Å². The molecule has 4 N–H and O–H groups in total. The van der Waals surface area contributed by atoms with Gasteiger partial charge in [-0.1, -0.05) is 12.1 Å². The first-order chi connectivity index (χ1) is 8.50. The summed E-state index contributed by atoms with van der Waals surface area (Å²) in [5, 5.41) is 0. The van der Waals surface area contributed by atoms with Gasteiger partial charge < -0.3 is 10.7 Å². The molecule has 6 nitrogen and oxygen atoms in total. The summed E-state index contributed by atoms with van der Waals surface area (Å²) in [7, 11) is -3.62. The molecule has 0 aliphatic heterocycles. The number of hydrogen-bond acceptors (Lipinski definition) is 4. The van der Waals surface area contributed by atoms with Gasteiger partial charge in [-0.3, -0.25) is 0 Å². The third-order valence-electron chi connectivity index (χ3n) is 2.52. The van der Waals surface area contributed by atoms with Gasteiger partial charge in [-0.05, 0) is 18.6 Å². The topological polar surface area (TPSA) is 101 Å². The fourth-order valence-corrected chi connectivity index (χ4v) is 3.03. The summed E-state index contributed by atoms with van der Waals surface area (Å²) in [6.07, 6.45) is 3.05. The van der Waals surface area contributed by atoms with Crippen molar-refractivity contribution in [2.45, 2.75) is 18.4 Å². The van der Waals surface area contributed by atoms with E-state index in [4.69, 9.17) is 5.73 Å². The number of H-pyrrole nitrogens is 1. The Balaban J connectivity index is 2.26. The number of aromatic amines is 1. The second-order valence-electron chi connectivity index (χ2n) is 3.89. The van der Waals surface area contributed by atoms with Gasteiger partial charge in [0.2, 0.25) is 10.0 Å². The average Bonchev–Trinajstić information content (AvgIpc) is 2.78. The lowest BCUT2D eigenvalue weighted by Gasteiger charge is -2.10. The lowest BCUT2D eigenvalue weighted by molar-refractivity contribution is 0.580. The molecule has 0 fully saturated rings. The maximum absolute atomic E-state index is 12.1. The number of nitrogen functional groups attached to an aromatic ring is 1. The molecular formula is C11H14N4O2S. The Labute approximate surface area is 105 Å². The van der Waals surface area contributed by atoms with Crippen molar-refractivity contribution in [3.63, 3.8) is 0 Å². The quantitative estimate of drug-likeness (QED) is 0.712. The minimum atomic E-state index is -3.62. The largest absolute Gasteiger partial charge is 0.398 e. The standard InChI is InChI=1S/C11H14N4O2S/c1-8-3-2-4-10(12)11(8)18(16,17)15-6-9-5-13-7-14-9/h2-5,7,15H,6,12H2,1H3,(H,13,14). The summed E-state index contributed by atoms with van der Waals surface area (Å²) in [6.45, 7) is 1.86. The number of rotatable bonds is 4. The molecule has 0 saturated heterocycles. The summed E-state index contributed by atoms with van der Waals surface area (Å²) in [6, 6.07) is 5.00. The van der Waals surface area contributed by atoms with E-state index in [0.29, 0.717) is 11.3 Å². The zero-order valence-corrected chi connectivity index (χ0v) is 10.7. The number of nitrogens with two attached hydrogens (primary N) is 1. The monoisotopic (exact) mass is 266 g/mol. The Kier molecular flexibility index (Phi) is 3.35. The zero-order chi connectivity index (χ0) is 13.2. The van der Waals surface area contributed by atoms with Crippen LogP contribution in [0.4, 0.5) is 5.69 Å². The van der Waals surface area contributed by atoms with Crippen LogP contribution in [0.2, 0.25) is 0 Å². The van der Waals surface area contributed by atoms with Crippen LogP contribution in [-0.2, 0) is 16.6 Å². The van der Waals surface area contributed by atoms with E-state index in [1.165, 1.54) is 6.33 Å². The lowest BCUT2D eigenvalue weighted by Crippen LogP contribution is -2.25. The Bertz CT molecular complexity index is 615. The number of aromatic nitrogens is 2. The van der Waals surface area contributed by atoms with Gasteiger partial charge in [-0.25, -0.2) is 18.1 Å². The highest BCUT2D eigenvalue weighted by molar-refractivity contribution is 7.89. The predicted octanol–water partition coefficient (Wildman–Crippen LogP) is 0.779. The molecular weight excluding hydrogens is 252 g/mol. The molecule has 0 aliphatic rings. The number of hydrogen-bond donors (Lipinski definition) is 3. The Morgan fingerprint density at radius 1 is 1.44 bits per heavy atom. The van der Waals surface area contributed by atoms with Crippen LogP contribution < -0.4 is 10.5 Å². The van der Waals surface area contributed by atoms with Crippen molar-refractivity contribution in [3.8, 4) is 0 Å². The van der Waals surface area contributed by atoms with E-state index in [9.17, 15) is 8.42 Å². The number of benzene rings is 1. The molecule has 0 atom stereocenters. The van der Waals surface area contributed by atoms with Gasteiger partial charge in [0, 0.05) is 11.9 Å². The van der Waals surface area contributed by atoms with Crippen LogP contribution in [0.1, 0.15) is 11.3 Å². The van der Waals surface area contributed by atoms with Crippen molar-refractivity contribution in [1.82, 2.24) is 14.7 Å².